The van der Waals surface area contributed by atoms with E-state index < -0.39 is 0 Å². The van der Waals surface area contributed by atoms with E-state index in [1.165, 1.54) is 11.3 Å². The first-order valence-corrected chi connectivity index (χ1v) is 7.95. The second-order valence-electron chi connectivity index (χ2n) is 4.97. The predicted molar refractivity (Wildman–Crippen MR) is 86.0 cm³/mol. The first-order chi connectivity index (χ1) is 9.53. The molecule has 4 heteroatoms. The molecule has 0 radical (unpaired) electrons. The van der Waals surface area contributed by atoms with Crippen LogP contribution in [0.15, 0.2) is 6.07 Å². The molecule has 0 aliphatic heterocycles. The molecular weight excluding hydrogens is 268 g/mol. The maximum absolute atomic E-state index is 12.3. The number of nitrogens with one attached hydrogen (secondary N) is 1. The third kappa shape index (κ3) is 4.36. The van der Waals surface area contributed by atoms with Crippen molar-refractivity contribution in [3.63, 3.8) is 0 Å². The normalized spacial score (nSPS) is 11.9. The highest BCUT2D eigenvalue weighted by atomic mass is 32.1. The molecule has 3 N–H and O–H groups in total. The molecule has 0 fully saturated rings. The van der Waals surface area contributed by atoms with E-state index in [9.17, 15) is 4.79 Å². The van der Waals surface area contributed by atoms with Crippen LogP contribution in [0.3, 0.4) is 0 Å². The van der Waals surface area contributed by atoms with Gasteiger partial charge >= 0.3 is 0 Å². The largest absolute Gasteiger partial charge is 0.349 e. The minimum Gasteiger partial charge on any atom is -0.349 e. The summed E-state index contributed by atoms with van der Waals surface area (Å²) in [5.74, 6) is 6.36. The number of hydrogen-bond acceptors (Lipinski definition) is 3. The van der Waals surface area contributed by atoms with Crippen molar-refractivity contribution in [1.29, 1.82) is 0 Å². The van der Waals surface area contributed by atoms with Crippen molar-refractivity contribution in [1.82, 2.24) is 5.32 Å². The highest BCUT2D eigenvalue weighted by molar-refractivity contribution is 7.14. The van der Waals surface area contributed by atoms with Crippen molar-refractivity contribution in [3.05, 3.63) is 21.4 Å². The van der Waals surface area contributed by atoms with Gasteiger partial charge in [0.1, 0.15) is 0 Å². The van der Waals surface area contributed by atoms with Gasteiger partial charge in [-0.05, 0) is 31.4 Å². The first-order valence-electron chi connectivity index (χ1n) is 7.13. The fraction of sp³-hybridized carbons (Fsp3) is 0.562. The molecule has 0 aliphatic carbocycles. The molecule has 3 nitrogen and oxygen atoms in total. The van der Waals surface area contributed by atoms with E-state index in [-0.39, 0.29) is 11.9 Å². The Morgan fingerprint density at radius 3 is 2.65 bits per heavy atom. The Morgan fingerprint density at radius 2 is 2.10 bits per heavy atom. The van der Waals surface area contributed by atoms with Crippen molar-refractivity contribution in [3.8, 4) is 11.8 Å². The van der Waals surface area contributed by atoms with Crippen LogP contribution in [-0.4, -0.2) is 18.5 Å². The molecule has 0 saturated heterocycles. The quantitative estimate of drug-likeness (QED) is 0.820. The van der Waals surface area contributed by atoms with Crippen LogP contribution >= 0.6 is 11.3 Å². The standard InChI is InChI=1S/C16H24N2OS/c1-5-13(6-2)12(4)18-16(19)15-10-11(3)14(20-15)8-7-9-17/h10,12-13H,5-6,9,17H2,1-4H3,(H,18,19). The number of amides is 1. The molecule has 0 aliphatic rings. The molecule has 1 aromatic heterocycles. The summed E-state index contributed by atoms with van der Waals surface area (Å²) in [4.78, 5) is 13.9. The van der Waals surface area contributed by atoms with Crippen molar-refractivity contribution in [2.75, 3.05) is 6.54 Å². The van der Waals surface area contributed by atoms with Gasteiger partial charge in [-0.25, -0.2) is 0 Å². The summed E-state index contributed by atoms with van der Waals surface area (Å²) >= 11 is 1.44. The van der Waals surface area contributed by atoms with Gasteiger partial charge in [0.25, 0.3) is 5.91 Å². The third-order valence-corrected chi connectivity index (χ3v) is 4.71. The number of hydrogen-bond donors (Lipinski definition) is 2. The number of carbonyl (C=O) groups is 1. The van der Waals surface area contributed by atoms with E-state index in [4.69, 9.17) is 5.73 Å². The van der Waals surface area contributed by atoms with Crippen LogP contribution in [-0.2, 0) is 0 Å². The Balaban J connectivity index is 2.78. The summed E-state index contributed by atoms with van der Waals surface area (Å²) in [5, 5.41) is 3.09. The van der Waals surface area contributed by atoms with Gasteiger partial charge < -0.3 is 11.1 Å². The number of thiophene rings is 1. The number of aryl methyl sites for hydroxylation is 1. The average Bonchev–Trinajstić information content (AvgIpc) is 2.79. The summed E-state index contributed by atoms with van der Waals surface area (Å²) in [6.07, 6.45) is 2.16. The molecule has 1 aromatic rings. The van der Waals surface area contributed by atoms with Crippen LogP contribution in [0.25, 0.3) is 0 Å². The second kappa shape index (κ2) is 8.08. The Labute approximate surface area is 126 Å². The molecule has 1 unspecified atom stereocenters. The van der Waals surface area contributed by atoms with Gasteiger partial charge in [0.2, 0.25) is 0 Å². The lowest BCUT2D eigenvalue weighted by molar-refractivity contribution is 0.0929. The molecule has 1 heterocycles. The second-order valence-corrected chi connectivity index (χ2v) is 6.02. The van der Waals surface area contributed by atoms with E-state index in [1.807, 2.05) is 13.0 Å². The van der Waals surface area contributed by atoms with Gasteiger partial charge in [0.05, 0.1) is 16.3 Å². The monoisotopic (exact) mass is 292 g/mol. The Hall–Kier alpha value is -1.31. The van der Waals surface area contributed by atoms with E-state index >= 15 is 0 Å². The number of rotatable bonds is 5. The molecule has 0 spiro atoms. The van der Waals surface area contributed by atoms with Crippen LogP contribution in [0, 0.1) is 24.7 Å². The van der Waals surface area contributed by atoms with Crippen LogP contribution in [0.5, 0.6) is 0 Å². The average molecular weight is 292 g/mol. The van der Waals surface area contributed by atoms with Gasteiger partial charge in [-0.15, -0.1) is 11.3 Å². The van der Waals surface area contributed by atoms with Crippen LogP contribution in [0.2, 0.25) is 0 Å². The van der Waals surface area contributed by atoms with Crippen LogP contribution in [0.1, 0.15) is 53.7 Å². The van der Waals surface area contributed by atoms with Crippen molar-refractivity contribution in [2.24, 2.45) is 11.7 Å². The van der Waals surface area contributed by atoms with Gasteiger partial charge in [0, 0.05) is 6.04 Å². The van der Waals surface area contributed by atoms with Crippen molar-refractivity contribution >= 4 is 17.2 Å². The summed E-state index contributed by atoms with van der Waals surface area (Å²) in [6.45, 7) is 8.70. The first kappa shape index (κ1) is 16.7. The SMILES string of the molecule is CCC(CC)C(C)NC(=O)c1cc(C)c(C#CCN)s1. The van der Waals surface area contributed by atoms with Crippen molar-refractivity contribution < 1.29 is 4.79 Å². The zero-order valence-corrected chi connectivity index (χ0v) is 13.6. The molecule has 0 bridgehead atoms. The van der Waals surface area contributed by atoms with Crippen molar-refractivity contribution in [2.45, 2.75) is 46.6 Å². The zero-order chi connectivity index (χ0) is 15.1. The summed E-state index contributed by atoms with van der Waals surface area (Å²) in [7, 11) is 0. The minimum absolute atomic E-state index is 0.00158. The lowest BCUT2D eigenvalue weighted by Gasteiger charge is -2.22. The number of carbonyl (C=O) groups excluding carboxylic acids is 1. The molecule has 110 valence electrons. The Kier molecular flexibility index (Phi) is 6.77. The maximum atomic E-state index is 12.3. The van der Waals surface area contributed by atoms with Gasteiger partial charge in [-0.2, -0.15) is 0 Å². The molecule has 0 aromatic carbocycles. The highest BCUT2D eigenvalue weighted by Gasteiger charge is 2.18. The van der Waals surface area contributed by atoms with Gasteiger partial charge in [0.15, 0.2) is 0 Å². The van der Waals surface area contributed by atoms with Crippen LogP contribution in [0.4, 0.5) is 0 Å². The Morgan fingerprint density at radius 1 is 1.45 bits per heavy atom. The fourth-order valence-corrected chi connectivity index (χ4v) is 3.19. The summed E-state index contributed by atoms with van der Waals surface area (Å²) < 4.78 is 0. The molecule has 0 saturated carbocycles. The smallest absolute Gasteiger partial charge is 0.261 e. The lowest BCUT2D eigenvalue weighted by Crippen LogP contribution is -2.37. The Bertz CT molecular complexity index is 506. The lowest BCUT2D eigenvalue weighted by atomic mass is 9.95. The van der Waals surface area contributed by atoms with E-state index in [1.54, 1.807) is 0 Å². The summed E-state index contributed by atoms with van der Waals surface area (Å²) in [6, 6.07) is 2.10. The van der Waals surface area contributed by atoms with Gasteiger partial charge in [-0.3, -0.25) is 4.79 Å². The third-order valence-electron chi connectivity index (χ3n) is 3.56. The maximum Gasteiger partial charge on any atom is 0.261 e. The zero-order valence-electron chi connectivity index (χ0n) is 12.7. The predicted octanol–water partition coefficient (Wildman–Crippen LogP) is 2.92. The van der Waals surface area contributed by atoms with E-state index in [2.05, 4.69) is 37.9 Å². The molecule has 1 amide bonds. The van der Waals surface area contributed by atoms with E-state index in [0.29, 0.717) is 12.5 Å². The molecule has 1 atom stereocenters. The molecule has 1 rings (SSSR count). The minimum atomic E-state index is -0.00158. The topological polar surface area (TPSA) is 55.1 Å². The number of nitrogens with two attached hydrogens (primary N) is 1. The molecule has 20 heavy (non-hydrogen) atoms. The summed E-state index contributed by atoms with van der Waals surface area (Å²) in [5.41, 5.74) is 6.41. The van der Waals surface area contributed by atoms with E-state index in [0.717, 1.165) is 28.2 Å². The van der Waals surface area contributed by atoms with Crippen LogP contribution < -0.4 is 11.1 Å². The molecular formula is C16H24N2OS. The highest BCUT2D eigenvalue weighted by Crippen LogP contribution is 2.21. The fourth-order valence-electron chi connectivity index (χ4n) is 2.24. The van der Waals surface area contributed by atoms with Gasteiger partial charge in [-0.1, -0.05) is 38.5 Å².